The monoisotopic (exact) mass is 417 g/mol. The number of aliphatic hydroxyl groups is 1. The quantitative estimate of drug-likeness (QED) is 0.713. The zero-order chi connectivity index (χ0) is 21.8. The average Bonchev–Trinajstić information content (AvgIpc) is 3.19. The minimum atomic E-state index is -1.05. The van der Waals surface area contributed by atoms with Crippen LogP contribution in [0.4, 0.5) is 4.79 Å². The van der Waals surface area contributed by atoms with E-state index in [9.17, 15) is 14.7 Å². The van der Waals surface area contributed by atoms with Crippen LogP contribution < -0.4 is 0 Å². The lowest BCUT2D eigenvalue weighted by Crippen LogP contribution is -2.47. The lowest BCUT2D eigenvalue weighted by atomic mass is 9.82. The number of piperidine rings is 1. The maximum Gasteiger partial charge on any atom is 0.410 e. The van der Waals surface area contributed by atoms with Crippen molar-refractivity contribution >= 4 is 12.1 Å². The molecule has 6 heteroatoms. The van der Waals surface area contributed by atoms with Crippen LogP contribution in [0.3, 0.4) is 0 Å². The molecule has 1 saturated carbocycles. The van der Waals surface area contributed by atoms with Crippen molar-refractivity contribution in [2.75, 3.05) is 13.1 Å². The molecule has 1 amide bonds. The Morgan fingerprint density at radius 1 is 1.13 bits per heavy atom. The van der Waals surface area contributed by atoms with E-state index in [1.807, 2.05) is 45.0 Å². The van der Waals surface area contributed by atoms with Gasteiger partial charge in [0.05, 0.1) is 5.60 Å². The second kappa shape index (κ2) is 9.38. The van der Waals surface area contributed by atoms with Crippen LogP contribution in [0.15, 0.2) is 24.3 Å². The summed E-state index contributed by atoms with van der Waals surface area (Å²) in [5.41, 5.74) is 0.0141. The van der Waals surface area contributed by atoms with E-state index >= 15 is 0 Å². The van der Waals surface area contributed by atoms with Gasteiger partial charge in [-0.1, -0.05) is 37.1 Å². The number of likely N-dealkylation sites (tertiary alicyclic amines) is 1. The molecule has 0 spiro atoms. The largest absolute Gasteiger partial charge is 0.461 e. The first-order valence-corrected chi connectivity index (χ1v) is 11.1. The Bertz CT molecular complexity index is 740. The van der Waals surface area contributed by atoms with E-state index in [2.05, 4.69) is 0 Å². The Morgan fingerprint density at radius 3 is 2.40 bits per heavy atom. The fraction of sp³-hybridized carbons (Fsp3) is 0.667. The minimum Gasteiger partial charge on any atom is -0.461 e. The Kier molecular flexibility index (Phi) is 7.06. The Labute approximate surface area is 179 Å². The SMILES string of the molecule is CC(C)(C)OC(=O)N1CCC(O)(c2ccccc2COC(=O)CC2CCCC2)CC1. The van der Waals surface area contributed by atoms with Gasteiger partial charge < -0.3 is 19.5 Å². The van der Waals surface area contributed by atoms with E-state index < -0.39 is 11.2 Å². The van der Waals surface area contributed by atoms with E-state index in [1.54, 1.807) is 4.90 Å². The van der Waals surface area contributed by atoms with Crippen LogP contribution >= 0.6 is 0 Å². The molecule has 0 bridgehead atoms. The molecule has 0 atom stereocenters. The number of rotatable bonds is 5. The number of benzene rings is 1. The molecule has 2 aliphatic rings. The van der Waals surface area contributed by atoms with Gasteiger partial charge in [0.25, 0.3) is 0 Å². The van der Waals surface area contributed by atoms with Gasteiger partial charge in [0, 0.05) is 19.5 Å². The number of carbonyl (C=O) groups is 2. The van der Waals surface area contributed by atoms with E-state index in [1.165, 1.54) is 12.8 Å². The van der Waals surface area contributed by atoms with Crippen LogP contribution in [-0.2, 0) is 26.5 Å². The van der Waals surface area contributed by atoms with Gasteiger partial charge >= 0.3 is 12.1 Å². The van der Waals surface area contributed by atoms with Crippen molar-refractivity contribution < 1.29 is 24.2 Å². The summed E-state index contributed by atoms with van der Waals surface area (Å²) in [5, 5.41) is 11.3. The van der Waals surface area contributed by atoms with Gasteiger partial charge in [-0.2, -0.15) is 0 Å². The number of ether oxygens (including phenoxy) is 2. The second-order valence-electron chi connectivity index (χ2n) is 9.67. The fourth-order valence-electron chi connectivity index (χ4n) is 4.42. The summed E-state index contributed by atoms with van der Waals surface area (Å²) in [6.45, 7) is 6.53. The van der Waals surface area contributed by atoms with Gasteiger partial charge in [0.2, 0.25) is 0 Å². The highest BCUT2D eigenvalue weighted by Gasteiger charge is 2.38. The van der Waals surface area contributed by atoms with Crippen molar-refractivity contribution in [1.29, 1.82) is 0 Å². The molecule has 0 unspecified atom stereocenters. The molecule has 1 aliphatic heterocycles. The standard InChI is InChI=1S/C24H35NO5/c1-23(2,3)30-22(27)25-14-12-24(28,13-15-25)20-11-7-6-10-19(20)17-29-21(26)16-18-8-4-5-9-18/h6-7,10-11,18,28H,4-5,8-9,12-17H2,1-3H3. The van der Waals surface area contributed by atoms with E-state index in [0.717, 1.165) is 24.0 Å². The third-order valence-corrected chi connectivity index (χ3v) is 6.08. The summed E-state index contributed by atoms with van der Waals surface area (Å²) >= 11 is 0. The highest BCUT2D eigenvalue weighted by atomic mass is 16.6. The third-order valence-electron chi connectivity index (χ3n) is 6.08. The van der Waals surface area contributed by atoms with Crippen molar-refractivity contribution in [2.24, 2.45) is 5.92 Å². The molecule has 2 fully saturated rings. The molecular formula is C24H35NO5. The fourth-order valence-corrected chi connectivity index (χ4v) is 4.42. The Morgan fingerprint density at radius 2 is 1.77 bits per heavy atom. The summed E-state index contributed by atoms with van der Waals surface area (Å²) < 4.78 is 11.0. The average molecular weight is 418 g/mol. The summed E-state index contributed by atoms with van der Waals surface area (Å²) in [7, 11) is 0. The molecule has 1 aliphatic carbocycles. The molecular weight excluding hydrogens is 382 g/mol. The van der Waals surface area contributed by atoms with Gasteiger partial charge in [0.15, 0.2) is 0 Å². The maximum atomic E-state index is 12.3. The molecule has 30 heavy (non-hydrogen) atoms. The first-order valence-electron chi connectivity index (χ1n) is 11.1. The predicted molar refractivity (Wildman–Crippen MR) is 114 cm³/mol. The van der Waals surface area contributed by atoms with E-state index in [-0.39, 0.29) is 18.7 Å². The van der Waals surface area contributed by atoms with Crippen molar-refractivity contribution in [3.63, 3.8) is 0 Å². The van der Waals surface area contributed by atoms with Crippen molar-refractivity contribution in [1.82, 2.24) is 4.90 Å². The third kappa shape index (κ3) is 5.97. The van der Waals surface area contributed by atoms with Crippen LogP contribution in [0.2, 0.25) is 0 Å². The number of hydrogen-bond donors (Lipinski definition) is 1. The molecule has 166 valence electrons. The first kappa shape index (κ1) is 22.6. The highest BCUT2D eigenvalue weighted by molar-refractivity contribution is 5.70. The summed E-state index contributed by atoms with van der Waals surface area (Å²) in [6.07, 6.45) is 5.59. The van der Waals surface area contributed by atoms with Crippen molar-refractivity contribution in [2.45, 2.75) is 83.5 Å². The lowest BCUT2D eigenvalue weighted by molar-refractivity contribution is -0.146. The molecule has 0 radical (unpaired) electrons. The maximum absolute atomic E-state index is 12.3. The van der Waals surface area contributed by atoms with Gasteiger partial charge in [-0.3, -0.25) is 4.79 Å². The summed E-state index contributed by atoms with van der Waals surface area (Å²) in [6, 6.07) is 7.57. The number of amides is 1. The van der Waals surface area contributed by atoms with E-state index in [4.69, 9.17) is 9.47 Å². The van der Waals surface area contributed by atoms with Crippen LogP contribution in [0.1, 0.15) is 76.8 Å². The Balaban J connectivity index is 1.59. The van der Waals surface area contributed by atoms with Crippen LogP contribution in [0.5, 0.6) is 0 Å². The number of hydrogen-bond acceptors (Lipinski definition) is 5. The summed E-state index contributed by atoms with van der Waals surface area (Å²) in [5.74, 6) is 0.289. The predicted octanol–water partition coefficient (Wildman–Crippen LogP) is 4.53. The van der Waals surface area contributed by atoms with Crippen molar-refractivity contribution in [3.05, 3.63) is 35.4 Å². The van der Waals surface area contributed by atoms with Gasteiger partial charge in [-0.05, 0) is 63.5 Å². The number of nitrogens with zero attached hydrogens (tertiary/aromatic N) is 1. The second-order valence-corrected chi connectivity index (χ2v) is 9.67. The molecule has 1 heterocycles. The number of esters is 1. The summed E-state index contributed by atoms with van der Waals surface area (Å²) in [4.78, 5) is 26.2. The van der Waals surface area contributed by atoms with Crippen LogP contribution in [0.25, 0.3) is 0 Å². The van der Waals surface area contributed by atoms with Crippen LogP contribution in [0, 0.1) is 5.92 Å². The highest BCUT2D eigenvalue weighted by Crippen LogP contribution is 2.36. The molecule has 6 nitrogen and oxygen atoms in total. The molecule has 3 rings (SSSR count). The first-order chi connectivity index (χ1) is 14.2. The minimum absolute atomic E-state index is 0.163. The van der Waals surface area contributed by atoms with Gasteiger partial charge in [-0.25, -0.2) is 4.79 Å². The van der Waals surface area contributed by atoms with Gasteiger partial charge in [-0.15, -0.1) is 0 Å². The topological polar surface area (TPSA) is 76.1 Å². The van der Waals surface area contributed by atoms with Crippen LogP contribution in [-0.4, -0.2) is 40.8 Å². The zero-order valence-corrected chi connectivity index (χ0v) is 18.5. The molecule has 1 aromatic rings. The lowest BCUT2D eigenvalue weighted by Gasteiger charge is -2.39. The van der Waals surface area contributed by atoms with Crippen molar-refractivity contribution in [3.8, 4) is 0 Å². The smallest absolute Gasteiger partial charge is 0.410 e. The van der Waals surface area contributed by atoms with E-state index in [0.29, 0.717) is 38.3 Å². The Hall–Kier alpha value is -2.08. The van der Waals surface area contributed by atoms with Gasteiger partial charge in [0.1, 0.15) is 12.2 Å². The molecule has 1 aromatic carbocycles. The molecule has 1 saturated heterocycles. The number of carbonyl (C=O) groups excluding carboxylic acids is 2. The molecule has 1 N–H and O–H groups in total. The normalized spacial score (nSPS) is 19.5. The zero-order valence-electron chi connectivity index (χ0n) is 18.5. The molecule has 0 aromatic heterocycles.